The lowest BCUT2D eigenvalue weighted by Gasteiger charge is -2.36. The number of carbonyl (C=O) groups excluding carboxylic acids is 1. The zero-order valence-electron chi connectivity index (χ0n) is 34.2. The van der Waals surface area contributed by atoms with Gasteiger partial charge in [-0.2, -0.15) is 0 Å². The van der Waals surface area contributed by atoms with Gasteiger partial charge in [0.1, 0.15) is 34.3 Å². The molecule has 0 atom stereocenters. The molecular weight excluding hydrogens is 838 g/mol. The van der Waals surface area contributed by atoms with Crippen molar-refractivity contribution in [1.82, 2.24) is 19.2 Å². The van der Waals surface area contributed by atoms with E-state index in [9.17, 15) is 19.8 Å². The zero-order valence-corrected chi connectivity index (χ0v) is 35.8. The summed E-state index contributed by atoms with van der Waals surface area (Å²) in [6.45, 7) is 4.60. The van der Waals surface area contributed by atoms with Crippen molar-refractivity contribution in [3.05, 3.63) is 159 Å². The van der Waals surface area contributed by atoms with Gasteiger partial charge in [-0.3, -0.25) is 4.79 Å². The lowest BCUT2D eigenvalue weighted by atomic mass is 9.77. The molecule has 5 heterocycles. The van der Waals surface area contributed by atoms with E-state index in [1.54, 1.807) is 18.2 Å². The smallest absolute Gasteiger partial charge is 0.340 e. The van der Waals surface area contributed by atoms with Crippen LogP contribution in [-0.2, 0) is 16.9 Å². The normalized spacial score (nSPS) is 15.4. The third-order valence-corrected chi connectivity index (χ3v) is 12.9. The number of piperidine rings is 1. The number of phenols is 2. The highest BCUT2D eigenvalue weighted by Crippen LogP contribution is 2.57. The summed E-state index contributed by atoms with van der Waals surface area (Å²) in [5.41, 5.74) is 5.08. The number of ether oxygens (including phenoxy) is 3. The van der Waals surface area contributed by atoms with Gasteiger partial charge in [0.15, 0.2) is 10.7 Å². The predicted octanol–water partition coefficient (Wildman–Crippen LogP) is 8.91. The standard InChI is InChI=1S/C49H44ClN5O7S/c50-32-7-5-30(6-8-32)31-17-23-53(24-18-31)20-3-22-55-41-16-12-36(29-43(41)54-21-1-4-42(54)46(55)58)60-25-2-19-51-48(63)52-33-9-13-38-37(26-33)47(59)62-49(38)39-14-10-34(56)27-44(39)61-45-28-35(57)11-15-40(45)49/h1,4-16,21,26-29,31,56-57H,2-3,17-20,22-25H2,(H2,51,52,63). The first-order chi connectivity index (χ1) is 30.6. The number of phenolic OH excluding ortho intramolecular Hbond substituents is 2. The lowest BCUT2D eigenvalue weighted by molar-refractivity contribution is 0.0224. The topological polar surface area (TPSA) is 139 Å². The molecule has 0 radical (unpaired) electrons. The number of aromatic hydroxyl groups is 2. The predicted molar refractivity (Wildman–Crippen MR) is 246 cm³/mol. The first-order valence-electron chi connectivity index (χ1n) is 21.2. The van der Waals surface area contributed by atoms with E-state index in [2.05, 4.69) is 27.7 Å². The van der Waals surface area contributed by atoms with E-state index in [1.807, 2.05) is 69.8 Å². The van der Waals surface area contributed by atoms with Gasteiger partial charge in [0.05, 0.1) is 23.2 Å². The first-order valence-corrected chi connectivity index (χ1v) is 21.9. The third kappa shape index (κ3) is 7.60. The Morgan fingerprint density at radius 1 is 0.810 bits per heavy atom. The molecule has 5 aromatic carbocycles. The van der Waals surface area contributed by atoms with Gasteiger partial charge in [-0.05, 0) is 142 Å². The third-order valence-electron chi connectivity index (χ3n) is 12.4. The minimum Gasteiger partial charge on any atom is -0.508 e. The van der Waals surface area contributed by atoms with E-state index in [-0.39, 0.29) is 17.1 Å². The monoisotopic (exact) mass is 881 g/mol. The van der Waals surface area contributed by atoms with Crippen molar-refractivity contribution in [3.63, 3.8) is 0 Å². The average Bonchev–Trinajstić information content (AvgIpc) is 3.89. The van der Waals surface area contributed by atoms with Gasteiger partial charge in [-0.15, -0.1) is 0 Å². The maximum absolute atomic E-state index is 13.7. The minimum absolute atomic E-state index is 0.00155. The van der Waals surface area contributed by atoms with Crippen LogP contribution in [0.5, 0.6) is 28.7 Å². The molecule has 1 spiro atoms. The van der Waals surface area contributed by atoms with Crippen molar-refractivity contribution < 1.29 is 29.2 Å². The molecule has 0 amide bonds. The van der Waals surface area contributed by atoms with Gasteiger partial charge in [-0.1, -0.05) is 29.8 Å². The Bertz CT molecular complexity index is 2930. The molecule has 12 nitrogen and oxygen atoms in total. The largest absolute Gasteiger partial charge is 0.508 e. The molecule has 3 aliphatic rings. The summed E-state index contributed by atoms with van der Waals surface area (Å²) in [6, 6.07) is 32.5. The van der Waals surface area contributed by atoms with Crippen molar-refractivity contribution in [2.24, 2.45) is 0 Å². The number of likely N-dealkylation sites (tertiary alicyclic amines) is 1. The average molecular weight is 882 g/mol. The number of nitrogens with zero attached hydrogens (tertiary/aromatic N) is 3. The number of carbonyl (C=O) groups is 1. The number of anilines is 1. The van der Waals surface area contributed by atoms with Gasteiger partial charge in [-0.25, -0.2) is 4.79 Å². The maximum Gasteiger partial charge on any atom is 0.340 e. The van der Waals surface area contributed by atoms with Crippen LogP contribution in [0.4, 0.5) is 5.69 Å². The van der Waals surface area contributed by atoms with Crippen LogP contribution in [0.2, 0.25) is 5.02 Å². The fourth-order valence-electron chi connectivity index (χ4n) is 9.35. The fourth-order valence-corrected chi connectivity index (χ4v) is 9.69. The number of aryl methyl sites for hydroxylation is 1. The van der Waals surface area contributed by atoms with Crippen LogP contribution in [0, 0.1) is 0 Å². The molecule has 2 aromatic heterocycles. The summed E-state index contributed by atoms with van der Waals surface area (Å²) in [5.74, 6) is 1.34. The van der Waals surface area contributed by atoms with Crippen molar-refractivity contribution in [2.75, 3.05) is 38.1 Å². The second-order valence-corrected chi connectivity index (χ2v) is 17.1. The van der Waals surface area contributed by atoms with E-state index < -0.39 is 11.6 Å². The molecule has 0 aliphatic carbocycles. The summed E-state index contributed by atoms with van der Waals surface area (Å²) in [5, 5.41) is 28.0. The van der Waals surface area contributed by atoms with Crippen LogP contribution in [-0.4, -0.2) is 67.9 Å². The van der Waals surface area contributed by atoms with Crippen LogP contribution in [0.15, 0.2) is 120 Å². The fraction of sp³-hybridized carbons (Fsp3) is 0.245. The molecule has 10 rings (SSSR count). The quantitative estimate of drug-likeness (QED) is 0.0563. The van der Waals surface area contributed by atoms with E-state index in [1.165, 1.54) is 29.8 Å². The van der Waals surface area contributed by atoms with E-state index in [4.69, 9.17) is 38.0 Å². The Morgan fingerprint density at radius 3 is 2.29 bits per heavy atom. The van der Waals surface area contributed by atoms with Crippen LogP contribution >= 0.6 is 23.8 Å². The molecule has 1 saturated heterocycles. The molecule has 0 saturated carbocycles. The highest BCUT2D eigenvalue weighted by Gasteiger charge is 2.53. The number of aromatic nitrogens is 2. The van der Waals surface area contributed by atoms with E-state index in [0.717, 1.165) is 55.0 Å². The molecule has 1 fully saturated rings. The van der Waals surface area contributed by atoms with Gasteiger partial charge in [0, 0.05) is 64.9 Å². The Balaban J connectivity index is 0.746. The number of benzene rings is 5. The number of thiocarbonyl (C=S) groups is 1. The molecule has 63 heavy (non-hydrogen) atoms. The second-order valence-electron chi connectivity index (χ2n) is 16.3. The van der Waals surface area contributed by atoms with E-state index in [0.29, 0.717) is 87.9 Å². The number of hydrogen-bond donors (Lipinski definition) is 4. The number of halogens is 1. The number of hydrogen-bond acceptors (Lipinski definition) is 9. The SMILES string of the molecule is O=C1OC2(c3ccc(O)cc3Oc3cc(O)ccc32)c2ccc(NC(=S)NCCCOc3ccc4c(c3)n3cccc3c(=O)n4CCCN3CCC(c4ccc(Cl)cc4)CC3)cc21. The maximum atomic E-state index is 13.7. The second kappa shape index (κ2) is 16.6. The number of fused-ring (bicyclic) bond motifs is 9. The molecule has 3 aliphatic heterocycles. The summed E-state index contributed by atoms with van der Waals surface area (Å²) in [6.07, 6.45) is 5.68. The Hall–Kier alpha value is -6.54. The molecule has 320 valence electrons. The van der Waals surface area contributed by atoms with Gasteiger partial charge >= 0.3 is 5.97 Å². The van der Waals surface area contributed by atoms with Crippen LogP contribution < -0.4 is 25.7 Å². The lowest BCUT2D eigenvalue weighted by Crippen LogP contribution is -2.34. The van der Waals surface area contributed by atoms with Gasteiger partial charge in [0.25, 0.3) is 5.56 Å². The highest BCUT2D eigenvalue weighted by molar-refractivity contribution is 7.80. The van der Waals surface area contributed by atoms with Crippen LogP contribution in [0.1, 0.15) is 64.2 Å². The summed E-state index contributed by atoms with van der Waals surface area (Å²) < 4.78 is 22.3. The summed E-state index contributed by atoms with van der Waals surface area (Å²) in [7, 11) is 0. The number of rotatable bonds is 11. The summed E-state index contributed by atoms with van der Waals surface area (Å²) >= 11 is 11.7. The van der Waals surface area contributed by atoms with Gasteiger partial charge in [0.2, 0.25) is 0 Å². The zero-order chi connectivity index (χ0) is 43.2. The van der Waals surface area contributed by atoms with Crippen LogP contribution in [0.25, 0.3) is 16.6 Å². The number of nitrogens with one attached hydrogen (secondary N) is 2. The van der Waals surface area contributed by atoms with Crippen LogP contribution in [0.3, 0.4) is 0 Å². The van der Waals surface area contributed by atoms with Crippen molar-refractivity contribution in [3.8, 4) is 28.7 Å². The molecule has 14 heteroatoms. The van der Waals surface area contributed by atoms with Gasteiger partial charge < -0.3 is 48.9 Å². The Kier molecular flexibility index (Phi) is 10.7. The highest BCUT2D eigenvalue weighted by atomic mass is 35.5. The molecule has 0 unspecified atom stereocenters. The Morgan fingerprint density at radius 2 is 1.54 bits per heavy atom. The summed E-state index contributed by atoms with van der Waals surface area (Å²) in [4.78, 5) is 29.7. The van der Waals surface area contributed by atoms with Crippen molar-refractivity contribution >= 4 is 57.1 Å². The molecule has 4 N–H and O–H groups in total. The van der Waals surface area contributed by atoms with E-state index >= 15 is 0 Å². The number of esters is 1. The van der Waals surface area contributed by atoms with Crippen molar-refractivity contribution in [1.29, 1.82) is 0 Å². The Labute approximate surface area is 373 Å². The molecular formula is C49H44ClN5O7S. The molecule has 7 aromatic rings. The van der Waals surface area contributed by atoms with Crippen molar-refractivity contribution in [2.45, 2.75) is 43.7 Å². The minimum atomic E-state index is -1.34. The first kappa shape index (κ1) is 40.5. The molecule has 0 bridgehead atoms.